The van der Waals surface area contributed by atoms with Gasteiger partial charge in [-0.3, -0.25) is 0 Å². The molecule has 108 valence electrons. The molecule has 7 nitrogen and oxygen atoms in total. The molecule has 0 aliphatic heterocycles. The minimum atomic E-state index is 0.00641. The van der Waals surface area contributed by atoms with Crippen molar-refractivity contribution in [2.75, 3.05) is 24.7 Å². The highest BCUT2D eigenvalue weighted by molar-refractivity contribution is 8.01. The van der Waals surface area contributed by atoms with Crippen LogP contribution in [0.1, 0.15) is 13.8 Å². The first-order valence-corrected chi connectivity index (χ1v) is 7.56. The van der Waals surface area contributed by atoms with Gasteiger partial charge in [0.2, 0.25) is 11.0 Å². The van der Waals surface area contributed by atoms with E-state index in [0.717, 1.165) is 9.47 Å². The third-order valence-corrected chi connectivity index (χ3v) is 4.28. The third-order valence-electron chi connectivity index (χ3n) is 2.12. The Bertz CT molecular complexity index is 586. The maximum atomic E-state index is 6.02. The molecule has 0 atom stereocenters. The van der Waals surface area contributed by atoms with E-state index in [9.17, 15) is 0 Å². The van der Waals surface area contributed by atoms with Crippen LogP contribution in [-0.2, 0) is 0 Å². The van der Waals surface area contributed by atoms with Gasteiger partial charge in [0.15, 0.2) is 4.34 Å². The molecule has 0 spiro atoms. The Kier molecular flexibility index (Phi) is 4.61. The van der Waals surface area contributed by atoms with Crippen molar-refractivity contribution in [2.45, 2.75) is 29.3 Å². The first-order chi connectivity index (χ1) is 9.47. The van der Waals surface area contributed by atoms with Crippen LogP contribution >= 0.6 is 23.1 Å². The molecule has 2 N–H and O–H groups in total. The van der Waals surface area contributed by atoms with E-state index >= 15 is 0 Å². The second-order valence-electron chi connectivity index (χ2n) is 4.41. The fourth-order valence-electron chi connectivity index (χ4n) is 1.27. The number of nitrogens with zero attached hydrogens (tertiary/aromatic N) is 5. The average Bonchev–Trinajstić information content (AvgIpc) is 2.82. The minimum absolute atomic E-state index is 0.00641. The van der Waals surface area contributed by atoms with Gasteiger partial charge in [-0.25, -0.2) is 4.98 Å². The number of hydrogen-bond donors (Lipinski definition) is 1. The number of anilines is 2. The van der Waals surface area contributed by atoms with Gasteiger partial charge in [0.05, 0.1) is 6.10 Å². The second-order valence-corrected chi connectivity index (χ2v) is 6.60. The van der Waals surface area contributed by atoms with Crippen molar-refractivity contribution in [1.29, 1.82) is 0 Å². The van der Waals surface area contributed by atoms with E-state index in [-0.39, 0.29) is 6.10 Å². The number of nitrogens with two attached hydrogens (primary N) is 1. The van der Waals surface area contributed by atoms with Gasteiger partial charge in [-0.05, 0) is 25.6 Å². The minimum Gasteiger partial charge on any atom is -0.473 e. The van der Waals surface area contributed by atoms with E-state index in [2.05, 4.69) is 20.2 Å². The molecule has 0 amide bonds. The van der Waals surface area contributed by atoms with E-state index in [1.54, 1.807) is 0 Å². The summed E-state index contributed by atoms with van der Waals surface area (Å²) in [6, 6.07) is 0. The molecule has 2 aromatic rings. The molecular formula is C11H16N6OS2. The van der Waals surface area contributed by atoms with Gasteiger partial charge in [-0.2, -0.15) is 4.98 Å². The van der Waals surface area contributed by atoms with Gasteiger partial charge in [-0.15, -0.1) is 10.2 Å². The first kappa shape index (κ1) is 14.8. The smallest absolute Gasteiger partial charge is 0.241 e. The van der Waals surface area contributed by atoms with Gasteiger partial charge in [-0.1, -0.05) is 11.3 Å². The first-order valence-electron chi connectivity index (χ1n) is 5.93. The molecule has 2 heterocycles. The monoisotopic (exact) mass is 312 g/mol. The summed E-state index contributed by atoms with van der Waals surface area (Å²) in [4.78, 5) is 10.1. The van der Waals surface area contributed by atoms with Crippen LogP contribution in [0.4, 0.5) is 10.8 Å². The predicted octanol–water partition coefficient (Wildman–Crippen LogP) is 1.91. The highest BCUT2D eigenvalue weighted by Gasteiger charge is 2.14. The average molecular weight is 312 g/mol. The van der Waals surface area contributed by atoms with Gasteiger partial charge < -0.3 is 15.4 Å². The van der Waals surface area contributed by atoms with Crippen LogP contribution in [0.2, 0.25) is 0 Å². The summed E-state index contributed by atoms with van der Waals surface area (Å²) in [6.07, 6.45) is 1.44. The summed E-state index contributed by atoms with van der Waals surface area (Å²) in [5.74, 6) is 0.398. The maximum absolute atomic E-state index is 6.02. The van der Waals surface area contributed by atoms with Crippen molar-refractivity contribution in [3.63, 3.8) is 0 Å². The Morgan fingerprint density at radius 3 is 2.65 bits per heavy atom. The van der Waals surface area contributed by atoms with Crippen LogP contribution in [0, 0.1) is 0 Å². The van der Waals surface area contributed by atoms with E-state index < -0.39 is 0 Å². The molecule has 0 aliphatic carbocycles. The largest absolute Gasteiger partial charge is 0.473 e. The molecule has 0 fully saturated rings. The van der Waals surface area contributed by atoms with Crippen LogP contribution in [-0.4, -0.2) is 40.4 Å². The molecule has 0 unspecified atom stereocenters. The summed E-state index contributed by atoms with van der Waals surface area (Å²) in [7, 11) is 3.84. The lowest BCUT2D eigenvalue weighted by atomic mass is 10.4. The molecule has 9 heteroatoms. The molecule has 0 bridgehead atoms. The summed E-state index contributed by atoms with van der Waals surface area (Å²) in [5.41, 5.74) is 6.45. The Hall–Kier alpha value is -1.61. The van der Waals surface area contributed by atoms with Crippen molar-refractivity contribution in [1.82, 2.24) is 20.2 Å². The van der Waals surface area contributed by atoms with E-state index in [1.165, 1.54) is 29.4 Å². The standard InChI is InChI=1S/C11H16N6OS2/c1-6(2)18-8-7(12)9(14-5-13-8)19-11-16-15-10(20-11)17(3)4/h5-6H,12H2,1-4H3. The Labute approximate surface area is 125 Å². The molecule has 0 saturated carbocycles. The number of nitrogen functional groups attached to an aromatic ring is 1. The second kappa shape index (κ2) is 6.23. The van der Waals surface area contributed by atoms with Crippen LogP contribution in [0.3, 0.4) is 0 Å². The zero-order valence-corrected chi connectivity index (χ0v) is 13.3. The normalized spacial score (nSPS) is 10.8. The molecule has 20 heavy (non-hydrogen) atoms. The zero-order valence-electron chi connectivity index (χ0n) is 11.7. The fourth-order valence-corrected chi connectivity index (χ4v) is 2.94. The van der Waals surface area contributed by atoms with E-state index in [0.29, 0.717) is 16.6 Å². The summed E-state index contributed by atoms with van der Waals surface area (Å²) >= 11 is 2.83. The predicted molar refractivity (Wildman–Crippen MR) is 80.6 cm³/mol. The Morgan fingerprint density at radius 1 is 1.30 bits per heavy atom. The summed E-state index contributed by atoms with van der Waals surface area (Å²) < 4.78 is 6.31. The van der Waals surface area contributed by atoms with Crippen LogP contribution in [0.5, 0.6) is 5.88 Å². The molecule has 2 aromatic heterocycles. The quantitative estimate of drug-likeness (QED) is 0.837. The van der Waals surface area contributed by atoms with Crippen LogP contribution in [0.15, 0.2) is 15.7 Å². The van der Waals surface area contributed by atoms with E-state index in [1.807, 2.05) is 32.8 Å². The lowest BCUT2D eigenvalue weighted by Crippen LogP contribution is -2.09. The highest BCUT2D eigenvalue weighted by Crippen LogP contribution is 2.36. The summed E-state index contributed by atoms with van der Waals surface area (Å²) in [6.45, 7) is 3.84. The van der Waals surface area contributed by atoms with E-state index in [4.69, 9.17) is 10.5 Å². The van der Waals surface area contributed by atoms with Crippen molar-refractivity contribution >= 4 is 33.9 Å². The highest BCUT2D eigenvalue weighted by atomic mass is 32.2. The van der Waals surface area contributed by atoms with Crippen molar-refractivity contribution in [3.05, 3.63) is 6.33 Å². The molecule has 0 aromatic carbocycles. The van der Waals surface area contributed by atoms with Gasteiger partial charge in [0.25, 0.3) is 0 Å². The molecular weight excluding hydrogens is 296 g/mol. The summed E-state index contributed by atoms with van der Waals surface area (Å²) in [5, 5.41) is 9.62. The van der Waals surface area contributed by atoms with Gasteiger partial charge in [0.1, 0.15) is 17.0 Å². The SMILES string of the molecule is CC(C)Oc1ncnc(Sc2nnc(N(C)C)s2)c1N. The fraction of sp³-hybridized carbons (Fsp3) is 0.455. The van der Waals surface area contributed by atoms with Crippen molar-refractivity contribution in [2.24, 2.45) is 0 Å². The zero-order chi connectivity index (χ0) is 14.7. The van der Waals surface area contributed by atoms with Crippen LogP contribution < -0.4 is 15.4 Å². The number of ether oxygens (including phenoxy) is 1. The number of hydrogen-bond acceptors (Lipinski definition) is 9. The maximum Gasteiger partial charge on any atom is 0.241 e. The van der Waals surface area contributed by atoms with Crippen LogP contribution in [0.25, 0.3) is 0 Å². The van der Waals surface area contributed by atoms with Gasteiger partial charge >= 0.3 is 0 Å². The number of aromatic nitrogens is 4. The topological polar surface area (TPSA) is 90.0 Å². The molecule has 0 radical (unpaired) electrons. The molecule has 0 aliphatic rings. The van der Waals surface area contributed by atoms with Crippen molar-refractivity contribution in [3.8, 4) is 5.88 Å². The third kappa shape index (κ3) is 3.48. The number of rotatable bonds is 5. The lowest BCUT2D eigenvalue weighted by molar-refractivity contribution is 0.233. The molecule has 0 saturated heterocycles. The lowest BCUT2D eigenvalue weighted by Gasteiger charge is -2.11. The van der Waals surface area contributed by atoms with Crippen molar-refractivity contribution < 1.29 is 4.74 Å². The Morgan fingerprint density at radius 2 is 2.05 bits per heavy atom. The molecule has 2 rings (SSSR count). The Balaban J connectivity index is 2.20. The van der Waals surface area contributed by atoms with Gasteiger partial charge in [0, 0.05) is 14.1 Å².